The summed E-state index contributed by atoms with van der Waals surface area (Å²) in [6.45, 7) is 6.44. The van der Waals surface area contributed by atoms with Crippen LogP contribution < -0.4 is 4.90 Å². The number of hydrogen-bond acceptors (Lipinski definition) is 2. The second-order valence-corrected chi connectivity index (χ2v) is 4.16. The van der Waals surface area contributed by atoms with E-state index in [1.807, 2.05) is 12.1 Å². The van der Waals surface area contributed by atoms with Gasteiger partial charge in [0.25, 0.3) is 0 Å². The SMILES string of the molecule is CCC(CC)N(C)c1c(C)cccc1C#N. The Labute approximate surface area is 98.5 Å². The molecule has 0 bridgehead atoms. The minimum atomic E-state index is 0.508. The van der Waals surface area contributed by atoms with Crippen LogP contribution in [0, 0.1) is 18.3 Å². The Balaban J connectivity index is 3.16. The largest absolute Gasteiger partial charge is 0.370 e. The molecule has 0 heterocycles. The van der Waals surface area contributed by atoms with Gasteiger partial charge in [0, 0.05) is 13.1 Å². The third-order valence-corrected chi connectivity index (χ3v) is 3.20. The van der Waals surface area contributed by atoms with Gasteiger partial charge in [-0.15, -0.1) is 0 Å². The molecule has 0 fully saturated rings. The maximum atomic E-state index is 9.14. The van der Waals surface area contributed by atoms with Gasteiger partial charge in [0.15, 0.2) is 0 Å². The molecular formula is C14H20N2. The standard InChI is InChI=1S/C14H20N2/c1-5-13(6-2)16(4)14-11(3)8-7-9-12(14)10-15/h7-9,13H,5-6H2,1-4H3. The molecule has 2 heteroatoms. The van der Waals surface area contributed by atoms with Crippen molar-refractivity contribution in [3.63, 3.8) is 0 Å². The van der Waals surface area contributed by atoms with E-state index in [0.29, 0.717) is 6.04 Å². The summed E-state index contributed by atoms with van der Waals surface area (Å²) in [5.74, 6) is 0. The van der Waals surface area contributed by atoms with Crippen LogP contribution in [0.1, 0.15) is 37.8 Å². The minimum absolute atomic E-state index is 0.508. The second-order valence-electron chi connectivity index (χ2n) is 4.16. The molecule has 0 unspecified atom stereocenters. The summed E-state index contributed by atoms with van der Waals surface area (Å²) in [5, 5.41) is 9.14. The molecule has 16 heavy (non-hydrogen) atoms. The Hall–Kier alpha value is -1.49. The number of benzene rings is 1. The van der Waals surface area contributed by atoms with Crippen molar-refractivity contribution in [2.75, 3.05) is 11.9 Å². The third kappa shape index (κ3) is 2.36. The van der Waals surface area contributed by atoms with Gasteiger partial charge < -0.3 is 4.90 Å². The molecule has 0 aliphatic carbocycles. The zero-order valence-electron chi connectivity index (χ0n) is 10.6. The maximum Gasteiger partial charge on any atom is 0.101 e. The summed E-state index contributed by atoms with van der Waals surface area (Å²) in [6.07, 6.45) is 2.21. The normalized spacial score (nSPS) is 10.2. The molecular weight excluding hydrogens is 196 g/mol. The highest BCUT2D eigenvalue weighted by Gasteiger charge is 2.16. The fourth-order valence-corrected chi connectivity index (χ4v) is 2.24. The average Bonchev–Trinajstić information content (AvgIpc) is 2.29. The van der Waals surface area contributed by atoms with Crippen molar-refractivity contribution in [3.8, 4) is 6.07 Å². The molecule has 1 aromatic carbocycles. The van der Waals surface area contributed by atoms with E-state index in [9.17, 15) is 0 Å². The van der Waals surface area contributed by atoms with Crippen molar-refractivity contribution in [2.24, 2.45) is 0 Å². The summed E-state index contributed by atoms with van der Waals surface area (Å²) in [5.41, 5.74) is 3.03. The van der Waals surface area contributed by atoms with Crippen LogP contribution >= 0.6 is 0 Å². The van der Waals surface area contributed by atoms with E-state index in [2.05, 4.69) is 44.9 Å². The molecule has 0 N–H and O–H groups in total. The highest BCUT2D eigenvalue weighted by Crippen LogP contribution is 2.26. The van der Waals surface area contributed by atoms with E-state index in [1.165, 1.54) is 5.56 Å². The van der Waals surface area contributed by atoms with Gasteiger partial charge in [0.2, 0.25) is 0 Å². The zero-order chi connectivity index (χ0) is 12.1. The Kier molecular flexibility index (Phi) is 4.37. The lowest BCUT2D eigenvalue weighted by Gasteiger charge is -2.30. The average molecular weight is 216 g/mol. The third-order valence-electron chi connectivity index (χ3n) is 3.20. The van der Waals surface area contributed by atoms with Gasteiger partial charge in [-0.2, -0.15) is 5.26 Å². The lowest BCUT2D eigenvalue weighted by molar-refractivity contribution is 0.590. The summed E-state index contributed by atoms with van der Waals surface area (Å²) >= 11 is 0. The first kappa shape index (κ1) is 12.6. The van der Waals surface area contributed by atoms with E-state index in [4.69, 9.17) is 5.26 Å². The zero-order valence-corrected chi connectivity index (χ0v) is 10.6. The van der Waals surface area contributed by atoms with Gasteiger partial charge in [-0.3, -0.25) is 0 Å². The number of anilines is 1. The fourth-order valence-electron chi connectivity index (χ4n) is 2.24. The van der Waals surface area contributed by atoms with Crippen molar-refractivity contribution in [1.82, 2.24) is 0 Å². The first-order valence-electron chi connectivity index (χ1n) is 5.88. The number of nitrogens with zero attached hydrogens (tertiary/aromatic N) is 2. The summed E-state index contributed by atoms with van der Waals surface area (Å²) in [7, 11) is 2.08. The minimum Gasteiger partial charge on any atom is -0.370 e. The molecule has 0 saturated carbocycles. The van der Waals surface area contributed by atoms with Gasteiger partial charge in [-0.05, 0) is 31.4 Å². The molecule has 0 aromatic heterocycles. The van der Waals surface area contributed by atoms with E-state index in [0.717, 1.165) is 24.1 Å². The summed E-state index contributed by atoms with van der Waals surface area (Å²) in [6, 6.07) is 8.68. The highest BCUT2D eigenvalue weighted by atomic mass is 15.1. The van der Waals surface area contributed by atoms with E-state index in [-0.39, 0.29) is 0 Å². The van der Waals surface area contributed by atoms with Gasteiger partial charge >= 0.3 is 0 Å². The number of rotatable bonds is 4. The van der Waals surface area contributed by atoms with Crippen molar-refractivity contribution >= 4 is 5.69 Å². The van der Waals surface area contributed by atoms with Gasteiger partial charge in [0.1, 0.15) is 6.07 Å². The van der Waals surface area contributed by atoms with Crippen molar-refractivity contribution < 1.29 is 0 Å². The molecule has 86 valence electrons. The smallest absolute Gasteiger partial charge is 0.101 e. The Morgan fingerprint density at radius 1 is 1.31 bits per heavy atom. The van der Waals surface area contributed by atoms with Gasteiger partial charge in [-0.25, -0.2) is 0 Å². The first-order chi connectivity index (χ1) is 7.65. The van der Waals surface area contributed by atoms with Gasteiger partial charge in [-0.1, -0.05) is 26.0 Å². The molecule has 0 saturated heterocycles. The van der Waals surface area contributed by atoms with E-state index >= 15 is 0 Å². The number of hydrogen-bond donors (Lipinski definition) is 0. The van der Waals surface area contributed by atoms with Gasteiger partial charge in [0.05, 0.1) is 11.3 Å². The number of aryl methyl sites for hydroxylation is 1. The van der Waals surface area contributed by atoms with Crippen molar-refractivity contribution in [2.45, 2.75) is 39.7 Å². The predicted octanol–water partition coefficient (Wildman–Crippen LogP) is 3.49. The van der Waals surface area contributed by atoms with Crippen molar-refractivity contribution in [1.29, 1.82) is 5.26 Å². The van der Waals surface area contributed by atoms with Crippen LogP contribution in [0.15, 0.2) is 18.2 Å². The monoisotopic (exact) mass is 216 g/mol. The Morgan fingerprint density at radius 3 is 2.44 bits per heavy atom. The Bertz CT molecular complexity index is 386. The Morgan fingerprint density at radius 2 is 1.94 bits per heavy atom. The molecule has 0 aliphatic heterocycles. The first-order valence-corrected chi connectivity index (χ1v) is 5.88. The van der Waals surface area contributed by atoms with E-state index < -0.39 is 0 Å². The molecule has 0 spiro atoms. The van der Waals surface area contributed by atoms with Crippen LogP contribution in [0.25, 0.3) is 0 Å². The highest BCUT2D eigenvalue weighted by molar-refractivity contribution is 5.64. The molecule has 0 aliphatic rings. The van der Waals surface area contributed by atoms with Crippen LogP contribution in [-0.2, 0) is 0 Å². The molecule has 2 nitrogen and oxygen atoms in total. The van der Waals surface area contributed by atoms with Crippen molar-refractivity contribution in [3.05, 3.63) is 29.3 Å². The maximum absolute atomic E-state index is 9.14. The molecule has 0 amide bonds. The second kappa shape index (κ2) is 5.55. The van der Waals surface area contributed by atoms with E-state index in [1.54, 1.807) is 0 Å². The fraction of sp³-hybridized carbons (Fsp3) is 0.500. The molecule has 1 aromatic rings. The van der Waals surface area contributed by atoms with Crippen LogP contribution in [-0.4, -0.2) is 13.1 Å². The quantitative estimate of drug-likeness (QED) is 0.770. The number of nitriles is 1. The van der Waals surface area contributed by atoms with Crippen LogP contribution in [0.2, 0.25) is 0 Å². The van der Waals surface area contributed by atoms with Crippen LogP contribution in [0.3, 0.4) is 0 Å². The summed E-state index contributed by atoms with van der Waals surface area (Å²) in [4.78, 5) is 2.24. The van der Waals surface area contributed by atoms with Crippen LogP contribution in [0.4, 0.5) is 5.69 Å². The lowest BCUT2D eigenvalue weighted by Crippen LogP contribution is -2.31. The number of para-hydroxylation sites is 1. The van der Waals surface area contributed by atoms with Crippen LogP contribution in [0.5, 0.6) is 0 Å². The lowest BCUT2D eigenvalue weighted by atomic mass is 10.0. The predicted molar refractivity (Wildman–Crippen MR) is 68.7 cm³/mol. The topological polar surface area (TPSA) is 27.0 Å². The molecule has 1 rings (SSSR count). The molecule has 0 atom stereocenters. The molecule has 0 radical (unpaired) electrons. The summed E-state index contributed by atoms with van der Waals surface area (Å²) < 4.78 is 0.